The number of hydrogen-bond acceptors (Lipinski definition) is 4. The maximum Gasteiger partial charge on any atom is 0.260 e. The van der Waals surface area contributed by atoms with Crippen molar-refractivity contribution in [3.63, 3.8) is 0 Å². The van der Waals surface area contributed by atoms with E-state index in [1.54, 1.807) is 0 Å². The van der Waals surface area contributed by atoms with Crippen molar-refractivity contribution in [2.24, 2.45) is 5.92 Å². The normalized spacial score (nSPS) is 24.1. The third kappa shape index (κ3) is 6.19. The summed E-state index contributed by atoms with van der Waals surface area (Å²) >= 11 is 0. The van der Waals surface area contributed by atoms with Gasteiger partial charge in [0.05, 0.1) is 12.2 Å². The first-order valence-electron chi connectivity index (χ1n) is 11.2. The largest absolute Gasteiger partial charge is 0.483 e. The third-order valence-corrected chi connectivity index (χ3v) is 6.12. The van der Waals surface area contributed by atoms with E-state index < -0.39 is 0 Å². The van der Waals surface area contributed by atoms with Crippen LogP contribution in [0.5, 0.6) is 5.75 Å². The van der Waals surface area contributed by atoms with Crippen LogP contribution in [0, 0.1) is 12.8 Å². The van der Waals surface area contributed by atoms with E-state index in [9.17, 15) is 4.79 Å². The zero-order valence-electron chi connectivity index (χ0n) is 18.8. The van der Waals surface area contributed by atoms with E-state index in [0.717, 1.165) is 62.4 Å². The lowest BCUT2D eigenvalue weighted by molar-refractivity contribution is -0.135. The second-order valence-electron chi connectivity index (χ2n) is 9.28. The highest BCUT2D eigenvalue weighted by Gasteiger charge is 2.28. The fraction of sp³-hybridized carbons (Fsp3) is 0.708. The zero-order valence-corrected chi connectivity index (χ0v) is 18.8. The van der Waals surface area contributed by atoms with Gasteiger partial charge in [0.2, 0.25) is 0 Å². The highest BCUT2D eigenvalue weighted by molar-refractivity contribution is 5.77. The Kier molecular flexibility index (Phi) is 7.58. The number of piperidine rings is 1. The molecule has 1 aromatic carbocycles. The Bertz CT molecular complexity index is 673. The number of rotatable bonds is 6. The second-order valence-corrected chi connectivity index (χ2v) is 9.28. The van der Waals surface area contributed by atoms with Gasteiger partial charge >= 0.3 is 0 Å². The number of morpholine rings is 1. The minimum atomic E-state index is 0.105. The fourth-order valence-corrected chi connectivity index (χ4v) is 4.64. The Morgan fingerprint density at radius 1 is 1.17 bits per heavy atom. The van der Waals surface area contributed by atoms with Gasteiger partial charge in [0.1, 0.15) is 5.75 Å². The standard InChI is InChI=1S/C24H38N2O3/c1-17(2)22-7-6-18(3)12-23(22)28-16-24(27)26-10-8-21(9-11-26)15-25-13-19(4)29-20(5)14-25/h6-7,12,17,19-21H,8-11,13-16H2,1-5H3. The molecular weight excluding hydrogens is 364 g/mol. The summed E-state index contributed by atoms with van der Waals surface area (Å²) < 4.78 is 11.8. The lowest BCUT2D eigenvalue weighted by Crippen LogP contribution is -2.49. The highest BCUT2D eigenvalue weighted by atomic mass is 16.5. The molecular formula is C24H38N2O3. The van der Waals surface area contributed by atoms with Crippen LogP contribution in [0.1, 0.15) is 57.6 Å². The molecule has 2 saturated heterocycles. The Morgan fingerprint density at radius 3 is 2.45 bits per heavy atom. The molecule has 0 N–H and O–H groups in total. The van der Waals surface area contributed by atoms with Gasteiger partial charge in [-0.25, -0.2) is 0 Å². The van der Waals surface area contributed by atoms with Crippen LogP contribution in [0.25, 0.3) is 0 Å². The van der Waals surface area contributed by atoms with Crippen LogP contribution in [0.4, 0.5) is 0 Å². The Hall–Kier alpha value is -1.59. The number of amides is 1. The van der Waals surface area contributed by atoms with E-state index in [1.165, 1.54) is 0 Å². The summed E-state index contributed by atoms with van der Waals surface area (Å²) in [6, 6.07) is 6.25. The molecule has 2 heterocycles. The van der Waals surface area contributed by atoms with Gasteiger partial charge in [-0.05, 0) is 62.6 Å². The first-order chi connectivity index (χ1) is 13.8. The molecule has 0 aliphatic carbocycles. The molecule has 2 aliphatic heterocycles. The van der Waals surface area contributed by atoms with E-state index in [-0.39, 0.29) is 12.5 Å². The summed E-state index contributed by atoms with van der Waals surface area (Å²) in [4.78, 5) is 17.2. The molecule has 2 aliphatic rings. The summed E-state index contributed by atoms with van der Waals surface area (Å²) in [5, 5.41) is 0. The molecule has 29 heavy (non-hydrogen) atoms. The first-order valence-corrected chi connectivity index (χ1v) is 11.2. The quantitative estimate of drug-likeness (QED) is 0.725. The molecule has 2 atom stereocenters. The van der Waals surface area contributed by atoms with Crippen LogP contribution < -0.4 is 4.74 Å². The minimum absolute atomic E-state index is 0.105. The van der Waals surface area contributed by atoms with Gasteiger partial charge in [-0.2, -0.15) is 0 Å². The number of hydrogen-bond donors (Lipinski definition) is 0. The van der Waals surface area contributed by atoms with Crippen molar-refractivity contribution < 1.29 is 14.3 Å². The summed E-state index contributed by atoms with van der Waals surface area (Å²) in [6.07, 6.45) is 2.78. The van der Waals surface area contributed by atoms with E-state index in [1.807, 2.05) is 11.0 Å². The molecule has 162 valence electrons. The Labute approximate surface area is 176 Å². The van der Waals surface area contributed by atoms with Gasteiger partial charge in [-0.1, -0.05) is 26.0 Å². The van der Waals surface area contributed by atoms with Crippen molar-refractivity contribution in [1.82, 2.24) is 9.80 Å². The molecule has 0 saturated carbocycles. The van der Waals surface area contributed by atoms with Crippen LogP contribution in [0.2, 0.25) is 0 Å². The summed E-state index contributed by atoms with van der Waals surface area (Å²) in [6.45, 7) is 15.6. The van der Waals surface area contributed by atoms with Gasteiger partial charge in [-0.3, -0.25) is 9.69 Å². The predicted molar refractivity (Wildman–Crippen MR) is 117 cm³/mol. The maximum atomic E-state index is 12.7. The number of aryl methyl sites for hydroxylation is 1. The number of nitrogens with zero attached hydrogens (tertiary/aromatic N) is 2. The van der Waals surface area contributed by atoms with Crippen LogP contribution in [-0.4, -0.2) is 67.2 Å². The monoisotopic (exact) mass is 402 g/mol. The van der Waals surface area contributed by atoms with Gasteiger partial charge in [0.25, 0.3) is 5.91 Å². The predicted octanol–water partition coefficient (Wildman–Crippen LogP) is 3.85. The molecule has 2 fully saturated rings. The average Bonchev–Trinajstić information content (AvgIpc) is 2.65. The molecule has 1 amide bonds. The van der Waals surface area contributed by atoms with Crippen molar-refractivity contribution in [3.8, 4) is 5.75 Å². The van der Waals surface area contributed by atoms with Crippen molar-refractivity contribution in [2.75, 3.05) is 39.3 Å². The number of ether oxygens (including phenoxy) is 2. The number of benzene rings is 1. The molecule has 0 spiro atoms. The molecule has 1 aromatic rings. The zero-order chi connectivity index (χ0) is 21.0. The Morgan fingerprint density at radius 2 is 1.83 bits per heavy atom. The van der Waals surface area contributed by atoms with Gasteiger partial charge in [0.15, 0.2) is 6.61 Å². The molecule has 3 rings (SSSR count). The SMILES string of the molecule is Cc1ccc(C(C)C)c(OCC(=O)N2CCC(CN3CC(C)OC(C)C3)CC2)c1. The average molecular weight is 403 g/mol. The lowest BCUT2D eigenvalue weighted by atomic mass is 9.95. The topological polar surface area (TPSA) is 42.0 Å². The fourth-order valence-electron chi connectivity index (χ4n) is 4.64. The van der Waals surface area contributed by atoms with Crippen molar-refractivity contribution >= 4 is 5.91 Å². The molecule has 0 bridgehead atoms. The van der Waals surface area contributed by atoms with Crippen LogP contribution in [0.15, 0.2) is 18.2 Å². The van der Waals surface area contributed by atoms with Crippen molar-refractivity contribution in [3.05, 3.63) is 29.3 Å². The molecule has 0 aromatic heterocycles. The van der Waals surface area contributed by atoms with Gasteiger partial charge < -0.3 is 14.4 Å². The molecule has 5 nitrogen and oxygen atoms in total. The van der Waals surface area contributed by atoms with Crippen molar-refractivity contribution in [2.45, 2.75) is 65.6 Å². The number of likely N-dealkylation sites (tertiary alicyclic amines) is 1. The first kappa shape index (κ1) is 22.1. The summed E-state index contributed by atoms with van der Waals surface area (Å²) in [7, 11) is 0. The second kappa shape index (κ2) is 9.94. The number of carbonyl (C=O) groups is 1. The lowest BCUT2D eigenvalue weighted by Gasteiger charge is -2.39. The van der Waals surface area contributed by atoms with Crippen LogP contribution in [0.3, 0.4) is 0 Å². The smallest absolute Gasteiger partial charge is 0.260 e. The Balaban J connectivity index is 1.45. The van der Waals surface area contributed by atoms with Crippen molar-refractivity contribution in [1.29, 1.82) is 0 Å². The maximum absolute atomic E-state index is 12.7. The highest BCUT2D eigenvalue weighted by Crippen LogP contribution is 2.28. The molecule has 5 heteroatoms. The van der Waals surface area contributed by atoms with E-state index in [4.69, 9.17) is 9.47 Å². The number of carbonyl (C=O) groups excluding carboxylic acids is 1. The van der Waals surface area contributed by atoms with Crippen LogP contribution >= 0.6 is 0 Å². The van der Waals surface area contributed by atoms with Gasteiger partial charge in [0, 0.05) is 32.7 Å². The van der Waals surface area contributed by atoms with Gasteiger partial charge in [-0.15, -0.1) is 0 Å². The third-order valence-electron chi connectivity index (χ3n) is 6.12. The minimum Gasteiger partial charge on any atom is -0.483 e. The van der Waals surface area contributed by atoms with Crippen LogP contribution in [-0.2, 0) is 9.53 Å². The molecule has 0 radical (unpaired) electrons. The van der Waals surface area contributed by atoms with E-state index >= 15 is 0 Å². The summed E-state index contributed by atoms with van der Waals surface area (Å²) in [5.41, 5.74) is 2.32. The van der Waals surface area contributed by atoms with E-state index in [0.29, 0.717) is 24.0 Å². The van der Waals surface area contributed by atoms with E-state index in [2.05, 4.69) is 51.7 Å². The summed E-state index contributed by atoms with van der Waals surface area (Å²) in [5.74, 6) is 2.00. The molecule has 2 unspecified atom stereocenters.